The van der Waals surface area contributed by atoms with Crippen molar-refractivity contribution in [2.75, 3.05) is 45.5 Å². The molecule has 5 rings (SSSR count). The Morgan fingerprint density at radius 3 is 2.38 bits per heavy atom. The lowest BCUT2D eigenvalue weighted by Crippen LogP contribution is -2.35. The topological polar surface area (TPSA) is 107 Å². The third kappa shape index (κ3) is 7.07. The van der Waals surface area contributed by atoms with Crippen LogP contribution in [0.15, 0.2) is 48.5 Å². The quantitative estimate of drug-likeness (QED) is 0.228. The highest BCUT2D eigenvalue weighted by Gasteiger charge is 2.48. The second-order valence-electron chi connectivity index (χ2n) is 11.6. The van der Waals surface area contributed by atoms with Gasteiger partial charge in [0, 0.05) is 44.3 Å². The lowest BCUT2D eigenvalue weighted by atomic mass is 9.82. The summed E-state index contributed by atoms with van der Waals surface area (Å²) in [6, 6.07) is 13.8. The number of aryl methyl sites for hydroxylation is 3. The minimum atomic E-state index is -1.04. The Hall–Kier alpha value is -4.15. The molecule has 0 aromatic heterocycles. The molecule has 0 bridgehead atoms. The molecule has 2 aliphatic rings. The van der Waals surface area contributed by atoms with Crippen LogP contribution in [0.2, 0.25) is 0 Å². The molecule has 1 unspecified atom stereocenters. The molecule has 3 aromatic carbocycles. The molecule has 0 radical (unpaired) electrons. The number of carbonyl (C=O) groups is 2. The van der Waals surface area contributed by atoms with Crippen LogP contribution < -0.4 is 19.5 Å². The van der Waals surface area contributed by atoms with Gasteiger partial charge in [-0.1, -0.05) is 43.7 Å². The van der Waals surface area contributed by atoms with Gasteiger partial charge in [-0.3, -0.25) is 14.5 Å². The van der Waals surface area contributed by atoms with Crippen molar-refractivity contribution >= 4 is 17.6 Å². The van der Waals surface area contributed by atoms with Crippen molar-refractivity contribution in [3.8, 4) is 17.2 Å². The molecule has 2 N–H and O–H groups in total. The van der Waals surface area contributed by atoms with Crippen LogP contribution in [0.25, 0.3) is 0 Å². The smallest absolute Gasteiger partial charge is 0.309 e. The van der Waals surface area contributed by atoms with Gasteiger partial charge in [-0.05, 0) is 66.3 Å². The zero-order chi connectivity index (χ0) is 32.1. The standard InChI is InChI=1S/C35H41FN2O7/c1-5-22-14-21(3)15-23(6-2)32(22)37-30(39)19-38-18-27(25-16-28(36)34-29(17-25)44-20-45-34)31(35(40)41)33(38)24-8-10-26(11-9-24)43-13-7-12-42-4/h8-11,14-17,27,31,33H,5-7,12-13,18-20H2,1-4H3,(H,37,39)(H,40,41)/t27-,31?,33+/m1/s1. The maximum atomic E-state index is 15.0. The van der Waals surface area contributed by atoms with Gasteiger partial charge in [-0.25, -0.2) is 4.39 Å². The Morgan fingerprint density at radius 1 is 1.02 bits per heavy atom. The molecule has 45 heavy (non-hydrogen) atoms. The number of benzene rings is 3. The number of amides is 1. The van der Waals surface area contributed by atoms with E-state index in [9.17, 15) is 14.7 Å². The SMILES string of the molecule is CCc1cc(C)cc(CC)c1NC(=O)CN1C[C@H](c2cc(F)c3c(c2)OCO3)C(C(=O)O)[C@@H]1c1ccc(OCCCOC)cc1. The number of likely N-dealkylation sites (tertiary alicyclic amines) is 1. The first-order chi connectivity index (χ1) is 21.7. The zero-order valence-electron chi connectivity index (χ0n) is 26.2. The molecule has 9 nitrogen and oxygen atoms in total. The van der Waals surface area contributed by atoms with E-state index in [-0.39, 0.29) is 37.3 Å². The van der Waals surface area contributed by atoms with Crippen LogP contribution in [0, 0.1) is 18.7 Å². The number of hydrogen-bond donors (Lipinski definition) is 2. The fourth-order valence-corrected chi connectivity index (χ4v) is 6.51. The van der Waals surface area contributed by atoms with Gasteiger partial charge in [0.1, 0.15) is 5.75 Å². The van der Waals surface area contributed by atoms with E-state index in [1.807, 2.05) is 24.0 Å². The van der Waals surface area contributed by atoms with E-state index in [4.69, 9.17) is 18.9 Å². The number of rotatable bonds is 13. The predicted molar refractivity (Wildman–Crippen MR) is 168 cm³/mol. The molecule has 3 atom stereocenters. The van der Waals surface area contributed by atoms with Crippen molar-refractivity contribution in [3.05, 3.63) is 82.2 Å². The summed E-state index contributed by atoms with van der Waals surface area (Å²) in [6.07, 6.45) is 2.25. The molecular formula is C35H41FN2O7. The number of carboxylic acids is 1. The lowest BCUT2D eigenvalue weighted by Gasteiger charge is -2.27. The second-order valence-corrected chi connectivity index (χ2v) is 11.6. The highest BCUT2D eigenvalue weighted by atomic mass is 19.1. The third-order valence-corrected chi connectivity index (χ3v) is 8.56. The van der Waals surface area contributed by atoms with E-state index in [1.165, 1.54) is 6.07 Å². The van der Waals surface area contributed by atoms with Crippen molar-refractivity contribution in [1.82, 2.24) is 4.90 Å². The summed E-state index contributed by atoms with van der Waals surface area (Å²) < 4.78 is 36.6. The Kier molecular flexibility index (Phi) is 10.2. The van der Waals surface area contributed by atoms with Crippen molar-refractivity contribution in [1.29, 1.82) is 0 Å². The van der Waals surface area contributed by atoms with Crippen LogP contribution in [0.3, 0.4) is 0 Å². The minimum absolute atomic E-state index is 0.0223. The molecule has 0 aliphatic carbocycles. The first-order valence-corrected chi connectivity index (χ1v) is 15.4. The van der Waals surface area contributed by atoms with Crippen molar-refractivity contribution in [3.63, 3.8) is 0 Å². The van der Waals surface area contributed by atoms with Crippen LogP contribution >= 0.6 is 0 Å². The largest absolute Gasteiger partial charge is 0.494 e. The Labute approximate surface area is 263 Å². The van der Waals surface area contributed by atoms with Gasteiger partial charge >= 0.3 is 5.97 Å². The lowest BCUT2D eigenvalue weighted by molar-refractivity contribution is -0.143. The number of ether oxygens (including phenoxy) is 4. The highest BCUT2D eigenvalue weighted by molar-refractivity contribution is 5.94. The average molecular weight is 621 g/mol. The second kappa shape index (κ2) is 14.3. The number of carboxylic acid groups (broad SMARTS) is 1. The number of anilines is 1. The van der Waals surface area contributed by atoms with Gasteiger partial charge < -0.3 is 29.4 Å². The van der Waals surface area contributed by atoms with E-state index in [0.717, 1.165) is 47.2 Å². The first-order valence-electron chi connectivity index (χ1n) is 15.4. The molecule has 240 valence electrons. The monoisotopic (exact) mass is 620 g/mol. The molecule has 0 spiro atoms. The molecular weight excluding hydrogens is 579 g/mol. The van der Waals surface area contributed by atoms with Crippen LogP contribution in [0.4, 0.5) is 10.1 Å². The first kappa shape index (κ1) is 32.2. The summed E-state index contributed by atoms with van der Waals surface area (Å²) >= 11 is 0. The van der Waals surface area contributed by atoms with Gasteiger partial charge in [0.15, 0.2) is 11.6 Å². The van der Waals surface area contributed by atoms with Crippen molar-refractivity contribution in [2.45, 2.75) is 52.0 Å². The van der Waals surface area contributed by atoms with Gasteiger partial charge in [-0.15, -0.1) is 0 Å². The number of hydrogen-bond acceptors (Lipinski definition) is 7. The van der Waals surface area contributed by atoms with E-state index in [2.05, 4.69) is 31.3 Å². The van der Waals surface area contributed by atoms with Gasteiger partial charge in [0.2, 0.25) is 18.4 Å². The molecule has 1 saturated heterocycles. The van der Waals surface area contributed by atoms with Crippen molar-refractivity contribution < 1.29 is 38.0 Å². The van der Waals surface area contributed by atoms with E-state index >= 15 is 4.39 Å². The third-order valence-electron chi connectivity index (χ3n) is 8.56. The van der Waals surface area contributed by atoms with Crippen LogP contribution in [-0.4, -0.2) is 62.1 Å². The Morgan fingerprint density at radius 2 is 1.73 bits per heavy atom. The van der Waals surface area contributed by atoms with Crippen LogP contribution in [0.5, 0.6) is 17.2 Å². The minimum Gasteiger partial charge on any atom is -0.494 e. The Balaban J connectivity index is 1.47. The number of carbonyl (C=O) groups excluding carboxylic acids is 1. The van der Waals surface area contributed by atoms with E-state index < -0.39 is 29.7 Å². The zero-order valence-corrected chi connectivity index (χ0v) is 26.2. The van der Waals surface area contributed by atoms with E-state index in [1.54, 1.807) is 25.3 Å². The molecule has 2 aliphatic heterocycles. The summed E-state index contributed by atoms with van der Waals surface area (Å²) in [5.41, 5.74) is 5.26. The maximum absolute atomic E-state index is 15.0. The summed E-state index contributed by atoms with van der Waals surface area (Å²) in [5.74, 6) is -2.56. The predicted octanol–water partition coefficient (Wildman–Crippen LogP) is 5.88. The fourth-order valence-electron chi connectivity index (χ4n) is 6.51. The number of methoxy groups -OCH3 is 1. The summed E-state index contributed by atoms with van der Waals surface area (Å²) in [6.45, 7) is 7.29. The number of aliphatic carboxylic acids is 1. The highest BCUT2D eigenvalue weighted by Crippen LogP contribution is 2.48. The fraction of sp³-hybridized carbons (Fsp3) is 0.429. The number of nitrogens with zero attached hydrogens (tertiary/aromatic N) is 1. The molecule has 10 heteroatoms. The number of fused-ring (bicyclic) bond motifs is 1. The number of halogens is 1. The van der Waals surface area contributed by atoms with E-state index in [0.29, 0.717) is 24.5 Å². The summed E-state index contributed by atoms with van der Waals surface area (Å²) in [5, 5.41) is 13.7. The van der Waals surface area contributed by atoms with Gasteiger partial charge in [0.05, 0.1) is 19.1 Å². The number of nitrogens with one attached hydrogen (secondary N) is 1. The summed E-state index contributed by atoms with van der Waals surface area (Å²) in [4.78, 5) is 28.5. The molecule has 1 fully saturated rings. The average Bonchev–Trinajstić information content (AvgIpc) is 3.66. The summed E-state index contributed by atoms with van der Waals surface area (Å²) in [7, 11) is 1.64. The molecule has 0 saturated carbocycles. The maximum Gasteiger partial charge on any atom is 0.309 e. The molecule has 1 amide bonds. The van der Waals surface area contributed by atoms with Crippen LogP contribution in [-0.2, 0) is 27.2 Å². The molecule has 3 aromatic rings. The Bertz CT molecular complexity index is 1500. The normalized spacial score (nSPS) is 19.1. The van der Waals surface area contributed by atoms with Crippen LogP contribution in [0.1, 0.15) is 60.0 Å². The molecule has 2 heterocycles. The van der Waals surface area contributed by atoms with Gasteiger partial charge in [-0.2, -0.15) is 0 Å². The van der Waals surface area contributed by atoms with Gasteiger partial charge in [0.25, 0.3) is 0 Å². The van der Waals surface area contributed by atoms with Crippen molar-refractivity contribution in [2.24, 2.45) is 5.92 Å².